The molecule has 1 amide bonds. The van der Waals surface area contributed by atoms with Crippen molar-refractivity contribution in [2.75, 3.05) is 43.5 Å². The number of carbonyl (C=O) groups is 1. The molecule has 0 atom stereocenters. The molecule has 0 aliphatic carbocycles. The highest BCUT2D eigenvalue weighted by atomic mass is 16.5. The minimum absolute atomic E-state index is 0.0617. The summed E-state index contributed by atoms with van der Waals surface area (Å²) in [7, 11) is 0. The molecule has 2 rings (SSSR count). The average Bonchev–Trinajstić information content (AvgIpc) is 2.46. The normalized spacial score (nSPS) is 13.3. The molecule has 1 aromatic carbocycles. The smallest absolute Gasteiger partial charge is 0.251 e. The molecular formula is C15H23N3O2. The molecule has 1 aliphatic heterocycles. The fourth-order valence-corrected chi connectivity index (χ4v) is 2.04. The van der Waals surface area contributed by atoms with Gasteiger partial charge in [0.15, 0.2) is 0 Å². The SMILES string of the molecule is CC(C)COCCNC(=O)c1ccc2c(c1)NCCN2. The molecule has 0 aromatic heterocycles. The first-order valence-electron chi connectivity index (χ1n) is 7.14. The average molecular weight is 277 g/mol. The number of rotatable bonds is 6. The van der Waals surface area contributed by atoms with Crippen LogP contribution in [0.1, 0.15) is 24.2 Å². The molecule has 0 radical (unpaired) electrons. The van der Waals surface area contributed by atoms with Gasteiger partial charge in [0.1, 0.15) is 0 Å². The number of anilines is 2. The number of hydrogen-bond acceptors (Lipinski definition) is 4. The molecule has 1 heterocycles. The van der Waals surface area contributed by atoms with Crippen LogP contribution in [0.3, 0.4) is 0 Å². The zero-order valence-corrected chi connectivity index (χ0v) is 12.2. The van der Waals surface area contributed by atoms with Crippen molar-refractivity contribution >= 4 is 17.3 Å². The topological polar surface area (TPSA) is 62.4 Å². The molecule has 20 heavy (non-hydrogen) atoms. The van der Waals surface area contributed by atoms with E-state index in [1.165, 1.54) is 0 Å². The Morgan fingerprint density at radius 3 is 2.80 bits per heavy atom. The molecule has 0 unspecified atom stereocenters. The predicted molar refractivity (Wildman–Crippen MR) is 81.4 cm³/mol. The van der Waals surface area contributed by atoms with Gasteiger partial charge < -0.3 is 20.7 Å². The van der Waals surface area contributed by atoms with Crippen LogP contribution >= 0.6 is 0 Å². The van der Waals surface area contributed by atoms with E-state index in [2.05, 4.69) is 29.8 Å². The maximum Gasteiger partial charge on any atom is 0.251 e. The number of hydrogen-bond donors (Lipinski definition) is 3. The molecule has 0 fully saturated rings. The molecule has 0 saturated carbocycles. The molecule has 5 heteroatoms. The molecule has 5 nitrogen and oxygen atoms in total. The quantitative estimate of drug-likeness (QED) is 0.695. The van der Waals surface area contributed by atoms with Gasteiger partial charge in [-0.2, -0.15) is 0 Å². The molecule has 0 spiro atoms. The maximum absolute atomic E-state index is 12.0. The first kappa shape index (κ1) is 14.7. The van der Waals surface area contributed by atoms with Gasteiger partial charge >= 0.3 is 0 Å². The summed E-state index contributed by atoms with van der Waals surface area (Å²) in [5, 5.41) is 9.43. The second-order valence-electron chi connectivity index (χ2n) is 5.34. The minimum atomic E-state index is -0.0617. The third-order valence-electron chi connectivity index (χ3n) is 3.02. The lowest BCUT2D eigenvalue weighted by atomic mass is 10.1. The van der Waals surface area contributed by atoms with Gasteiger partial charge in [-0.3, -0.25) is 4.79 Å². The van der Waals surface area contributed by atoms with Gasteiger partial charge in [-0.25, -0.2) is 0 Å². The fraction of sp³-hybridized carbons (Fsp3) is 0.533. The summed E-state index contributed by atoms with van der Waals surface area (Å²) >= 11 is 0. The van der Waals surface area contributed by atoms with Gasteiger partial charge in [0.05, 0.1) is 18.0 Å². The number of amides is 1. The van der Waals surface area contributed by atoms with Crippen LogP contribution in [0.25, 0.3) is 0 Å². The number of nitrogens with one attached hydrogen (secondary N) is 3. The predicted octanol–water partition coefficient (Wildman–Crippen LogP) is 1.93. The van der Waals surface area contributed by atoms with Crippen LogP contribution in [-0.2, 0) is 4.74 Å². The van der Waals surface area contributed by atoms with Gasteiger partial charge in [-0.05, 0) is 24.1 Å². The number of carbonyl (C=O) groups excluding carboxylic acids is 1. The van der Waals surface area contributed by atoms with E-state index in [-0.39, 0.29) is 5.91 Å². The van der Waals surface area contributed by atoms with Crippen LogP contribution in [-0.4, -0.2) is 38.8 Å². The van der Waals surface area contributed by atoms with Crippen molar-refractivity contribution in [3.05, 3.63) is 23.8 Å². The Bertz CT molecular complexity index is 460. The number of benzene rings is 1. The minimum Gasteiger partial charge on any atom is -0.382 e. The van der Waals surface area contributed by atoms with Gasteiger partial charge in [-0.1, -0.05) is 13.8 Å². The highest BCUT2D eigenvalue weighted by Crippen LogP contribution is 2.25. The van der Waals surface area contributed by atoms with E-state index in [1.807, 2.05) is 18.2 Å². The first-order valence-corrected chi connectivity index (χ1v) is 7.14. The molecule has 0 saturated heterocycles. The van der Waals surface area contributed by atoms with E-state index < -0.39 is 0 Å². The molecular weight excluding hydrogens is 254 g/mol. The molecule has 3 N–H and O–H groups in total. The van der Waals surface area contributed by atoms with Crippen molar-refractivity contribution in [2.24, 2.45) is 5.92 Å². The molecule has 1 aromatic rings. The summed E-state index contributed by atoms with van der Waals surface area (Å²) in [6.45, 7) is 7.81. The molecule has 0 bridgehead atoms. The van der Waals surface area contributed by atoms with Crippen molar-refractivity contribution in [1.29, 1.82) is 0 Å². The third kappa shape index (κ3) is 4.13. The van der Waals surface area contributed by atoms with Crippen LogP contribution in [0.5, 0.6) is 0 Å². The van der Waals surface area contributed by atoms with Crippen molar-refractivity contribution in [1.82, 2.24) is 5.32 Å². The highest BCUT2D eigenvalue weighted by molar-refractivity contribution is 5.96. The third-order valence-corrected chi connectivity index (χ3v) is 3.02. The lowest BCUT2D eigenvalue weighted by Crippen LogP contribution is -2.28. The summed E-state index contributed by atoms with van der Waals surface area (Å²) in [6, 6.07) is 5.65. The number of ether oxygens (including phenoxy) is 1. The summed E-state index contributed by atoms with van der Waals surface area (Å²) in [5.74, 6) is 0.457. The van der Waals surface area contributed by atoms with E-state index in [0.717, 1.165) is 31.1 Å². The summed E-state index contributed by atoms with van der Waals surface area (Å²) in [5.41, 5.74) is 2.71. The highest BCUT2D eigenvalue weighted by Gasteiger charge is 2.11. The van der Waals surface area contributed by atoms with Gasteiger partial charge in [0.2, 0.25) is 0 Å². The summed E-state index contributed by atoms with van der Waals surface area (Å²) in [6.07, 6.45) is 0. The first-order chi connectivity index (χ1) is 9.66. The van der Waals surface area contributed by atoms with Crippen LogP contribution in [0.4, 0.5) is 11.4 Å². The Labute approximate surface area is 120 Å². The lowest BCUT2D eigenvalue weighted by molar-refractivity contribution is 0.0886. The summed E-state index contributed by atoms with van der Waals surface area (Å²) < 4.78 is 5.43. The lowest BCUT2D eigenvalue weighted by Gasteiger charge is -2.20. The monoisotopic (exact) mass is 277 g/mol. The van der Waals surface area contributed by atoms with E-state index in [0.29, 0.717) is 24.6 Å². The van der Waals surface area contributed by atoms with E-state index >= 15 is 0 Å². The van der Waals surface area contributed by atoms with Crippen LogP contribution in [0.2, 0.25) is 0 Å². The van der Waals surface area contributed by atoms with E-state index in [1.54, 1.807) is 0 Å². The van der Waals surface area contributed by atoms with Crippen LogP contribution in [0, 0.1) is 5.92 Å². The fourth-order valence-electron chi connectivity index (χ4n) is 2.04. The Morgan fingerprint density at radius 2 is 2.05 bits per heavy atom. The van der Waals surface area contributed by atoms with Gasteiger partial charge in [-0.15, -0.1) is 0 Å². The zero-order valence-electron chi connectivity index (χ0n) is 12.2. The molecule has 110 valence electrons. The Hall–Kier alpha value is -1.75. The van der Waals surface area contributed by atoms with Crippen molar-refractivity contribution < 1.29 is 9.53 Å². The van der Waals surface area contributed by atoms with Crippen molar-refractivity contribution in [3.8, 4) is 0 Å². The maximum atomic E-state index is 12.0. The Balaban J connectivity index is 1.80. The van der Waals surface area contributed by atoms with E-state index in [4.69, 9.17) is 4.74 Å². The Morgan fingerprint density at radius 1 is 1.30 bits per heavy atom. The second-order valence-corrected chi connectivity index (χ2v) is 5.34. The van der Waals surface area contributed by atoms with Crippen LogP contribution < -0.4 is 16.0 Å². The van der Waals surface area contributed by atoms with Crippen LogP contribution in [0.15, 0.2) is 18.2 Å². The summed E-state index contributed by atoms with van der Waals surface area (Å²) in [4.78, 5) is 12.0. The van der Waals surface area contributed by atoms with Crippen molar-refractivity contribution in [2.45, 2.75) is 13.8 Å². The van der Waals surface area contributed by atoms with E-state index in [9.17, 15) is 4.79 Å². The standard InChI is InChI=1S/C15H23N3O2/c1-11(2)10-20-8-7-18-15(19)12-3-4-13-14(9-12)17-6-5-16-13/h3-4,9,11,16-17H,5-8,10H2,1-2H3,(H,18,19). The van der Waals surface area contributed by atoms with Gasteiger partial charge in [0, 0.05) is 31.8 Å². The largest absolute Gasteiger partial charge is 0.382 e. The number of fused-ring (bicyclic) bond motifs is 1. The van der Waals surface area contributed by atoms with Gasteiger partial charge in [0.25, 0.3) is 5.91 Å². The second kappa shape index (κ2) is 7.14. The van der Waals surface area contributed by atoms with Crippen molar-refractivity contribution in [3.63, 3.8) is 0 Å². The molecule has 1 aliphatic rings. The zero-order chi connectivity index (χ0) is 14.4. The Kier molecular flexibility index (Phi) is 5.24.